The SMILES string of the molecule is Nc1cccc(NCCc2ncon2)c1. The quantitative estimate of drug-likeness (QED) is 0.734. The van der Waals surface area contributed by atoms with E-state index in [2.05, 4.69) is 20.0 Å². The zero-order valence-electron chi connectivity index (χ0n) is 8.18. The molecular formula is C10H12N4O. The molecule has 2 rings (SSSR count). The Morgan fingerprint density at radius 1 is 1.40 bits per heavy atom. The van der Waals surface area contributed by atoms with E-state index in [1.807, 2.05) is 24.3 Å². The Morgan fingerprint density at radius 2 is 2.33 bits per heavy atom. The van der Waals surface area contributed by atoms with E-state index in [1.54, 1.807) is 0 Å². The van der Waals surface area contributed by atoms with Crippen LogP contribution in [0, 0.1) is 0 Å². The lowest BCUT2D eigenvalue weighted by molar-refractivity contribution is 0.410. The Labute approximate surface area is 87.3 Å². The van der Waals surface area contributed by atoms with E-state index in [9.17, 15) is 0 Å². The van der Waals surface area contributed by atoms with E-state index in [1.165, 1.54) is 6.39 Å². The number of hydrogen-bond acceptors (Lipinski definition) is 5. The van der Waals surface area contributed by atoms with Crippen LogP contribution in [0.25, 0.3) is 0 Å². The third kappa shape index (κ3) is 2.70. The highest BCUT2D eigenvalue weighted by Gasteiger charge is 1.97. The maximum Gasteiger partial charge on any atom is 0.213 e. The van der Waals surface area contributed by atoms with Gasteiger partial charge in [-0.05, 0) is 18.2 Å². The molecule has 0 unspecified atom stereocenters. The smallest absolute Gasteiger partial charge is 0.213 e. The summed E-state index contributed by atoms with van der Waals surface area (Å²) < 4.78 is 4.63. The van der Waals surface area contributed by atoms with Crippen LogP contribution >= 0.6 is 0 Å². The zero-order chi connectivity index (χ0) is 10.5. The number of hydrogen-bond donors (Lipinski definition) is 2. The number of benzene rings is 1. The number of aromatic nitrogens is 2. The molecular weight excluding hydrogens is 192 g/mol. The molecule has 0 aliphatic rings. The summed E-state index contributed by atoms with van der Waals surface area (Å²) in [6, 6.07) is 7.61. The highest BCUT2D eigenvalue weighted by atomic mass is 16.5. The van der Waals surface area contributed by atoms with Crippen LogP contribution < -0.4 is 11.1 Å². The second-order valence-corrected chi connectivity index (χ2v) is 3.15. The topological polar surface area (TPSA) is 77.0 Å². The van der Waals surface area contributed by atoms with Gasteiger partial charge < -0.3 is 15.6 Å². The number of nitrogens with zero attached hydrogens (tertiary/aromatic N) is 2. The Balaban J connectivity index is 1.83. The van der Waals surface area contributed by atoms with Gasteiger partial charge in [-0.1, -0.05) is 11.2 Å². The fourth-order valence-electron chi connectivity index (χ4n) is 1.27. The van der Waals surface area contributed by atoms with Gasteiger partial charge in [-0.3, -0.25) is 0 Å². The van der Waals surface area contributed by atoms with Crippen molar-refractivity contribution in [1.29, 1.82) is 0 Å². The molecule has 5 nitrogen and oxygen atoms in total. The minimum atomic E-state index is 0.700. The van der Waals surface area contributed by atoms with E-state index in [4.69, 9.17) is 5.73 Å². The van der Waals surface area contributed by atoms with Crippen LogP contribution in [-0.2, 0) is 6.42 Å². The van der Waals surface area contributed by atoms with Crippen molar-refractivity contribution in [3.05, 3.63) is 36.5 Å². The van der Waals surface area contributed by atoms with Crippen LogP contribution in [0.3, 0.4) is 0 Å². The summed E-state index contributed by atoms with van der Waals surface area (Å²) in [5.41, 5.74) is 7.39. The van der Waals surface area contributed by atoms with Gasteiger partial charge in [-0.25, -0.2) is 0 Å². The summed E-state index contributed by atoms with van der Waals surface area (Å²) in [6.45, 7) is 0.753. The molecule has 5 heteroatoms. The summed E-state index contributed by atoms with van der Waals surface area (Å²) in [5, 5.41) is 6.94. The molecule has 15 heavy (non-hydrogen) atoms. The van der Waals surface area contributed by atoms with Crippen molar-refractivity contribution in [1.82, 2.24) is 10.1 Å². The van der Waals surface area contributed by atoms with Gasteiger partial charge in [0, 0.05) is 24.3 Å². The van der Waals surface area contributed by atoms with E-state index < -0.39 is 0 Å². The van der Waals surface area contributed by atoms with Crippen molar-refractivity contribution in [2.24, 2.45) is 0 Å². The fourth-order valence-corrected chi connectivity index (χ4v) is 1.27. The molecule has 0 aliphatic heterocycles. The van der Waals surface area contributed by atoms with Crippen LogP contribution in [0.1, 0.15) is 5.82 Å². The highest BCUT2D eigenvalue weighted by molar-refractivity contribution is 5.53. The monoisotopic (exact) mass is 204 g/mol. The molecule has 1 heterocycles. The fraction of sp³-hybridized carbons (Fsp3) is 0.200. The van der Waals surface area contributed by atoms with Crippen LogP contribution in [0.2, 0.25) is 0 Å². The molecule has 3 N–H and O–H groups in total. The van der Waals surface area contributed by atoms with Crippen LogP contribution in [0.15, 0.2) is 35.2 Å². The second kappa shape index (κ2) is 4.45. The number of nitrogen functional groups attached to an aromatic ring is 1. The normalized spacial score (nSPS) is 10.1. The van der Waals surface area contributed by atoms with Gasteiger partial charge in [-0.2, -0.15) is 4.98 Å². The summed E-state index contributed by atoms with van der Waals surface area (Å²) in [6.07, 6.45) is 2.06. The average molecular weight is 204 g/mol. The van der Waals surface area contributed by atoms with Crippen LogP contribution in [0.4, 0.5) is 11.4 Å². The predicted octanol–water partition coefficient (Wildman–Crippen LogP) is 1.31. The molecule has 0 saturated carbocycles. The lowest BCUT2D eigenvalue weighted by Gasteiger charge is -2.04. The molecule has 0 spiro atoms. The Morgan fingerprint density at radius 3 is 3.07 bits per heavy atom. The summed E-state index contributed by atoms with van der Waals surface area (Å²) in [7, 11) is 0. The van der Waals surface area contributed by atoms with Crippen molar-refractivity contribution in [3.8, 4) is 0 Å². The van der Waals surface area contributed by atoms with Gasteiger partial charge in [0.05, 0.1) is 0 Å². The first-order valence-electron chi connectivity index (χ1n) is 4.69. The molecule has 0 fully saturated rings. The second-order valence-electron chi connectivity index (χ2n) is 3.15. The Kier molecular flexibility index (Phi) is 2.82. The van der Waals surface area contributed by atoms with Crippen molar-refractivity contribution >= 4 is 11.4 Å². The number of nitrogens with one attached hydrogen (secondary N) is 1. The molecule has 2 aromatic rings. The van der Waals surface area contributed by atoms with Crippen molar-refractivity contribution in [3.63, 3.8) is 0 Å². The third-order valence-corrected chi connectivity index (χ3v) is 1.97. The summed E-state index contributed by atoms with van der Waals surface area (Å²) in [4.78, 5) is 3.92. The van der Waals surface area contributed by atoms with E-state index in [-0.39, 0.29) is 0 Å². The Hall–Kier alpha value is -2.04. The standard InChI is InChI=1S/C10H12N4O/c11-8-2-1-3-9(6-8)12-5-4-10-13-7-15-14-10/h1-3,6-7,12H,4-5,11H2. The van der Waals surface area contributed by atoms with Crippen LogP contribution in [0.5, 0.6) is 0 Å². The molecule has 0 bridgehead atoms. The van der Waals surface area contributed by atoms with Gasteiger partial charge in [-0.15, -0.1) is 0 Å². The number of rotatable bonds is 4. The molecule has 0 radical (unpaired) electrons. The van der Waals surface area contributed by atoms with E-state index in [0.29, 0.717) is 5.82 Å². The Bertz CT molecular complexity index is 413. The predicted molar refractivity (Wildman–Crippen MR) is 57.3 cm³/mol. The molecule has 0 amide bonds. The first kappa shape index (κ1) is 9.51. The van der Waals surface area contributed by atoms with E-state index in [0.717, 1.165) is 24.3 Å². The first-order chi connectivity index (χ1) is 7.34. The van der Waals surface area contributed by atoms with Crippen molar-refractivity contribution in [2.45, 2.75) is 6.42 Å². The first-order valence-corrected chi connectivity index (χ1v) is 4.69. The molecule has 1 aromatic heterocycles. The third-order valence-electron chi connectivity index (χ3n) is 1.97. The number of nitrogens with two attached hydrogens (primary N) is 1. The van der Waals surface area contributed by atoms with E-state index >= 15 is 0 Å². The minimum absolute atomic E-state index is 0.700. The summed E-state index contributed by atoms with van der Waals surface area (Å²) in [5.74, 6) is 0.700. The molecule has 78 valence electrons. The van der Waals surface area contributed by atoms with Gasteiger partial charge in [0.2, 0.25) is 6.39 Å². The van der Waals surface area contributed by atoms with Gasteiger partial charge in [0.1, 0.15) is 0 Å². The van der Waals surface area contributed by atoms with Gasteiger partial charge in [0.15, 0.2) is 5.82 Å². The highest BCUT2D eigenvalue weighted by Crippen LogP contribution is 2.11. The minimum Gasteiger partial charge on any atom is -0.399 e. The maximum atomic E-state index is 5.65. The van der Waals surface area contributed by atoms with Crippen molar-refractivity contribution < 1.29 is 4.52 Å². The molecule has 0 aliphatic carbocycles. The molecule has 0 saturated heterocycles. The average Bonchev–Trinajstić information content (AvgIpc) is 2.71. The lowest BCUT2D eigenvalue weighted by Crippen LogP contribution is -2.06. The van der Waals surface area contributed by atoms with Crippen molar-refractivity contribution in [2.75, 3.05) is 17.6 Å². The lowest BCUT2D eigenvalue weighted by atomic mass is 10.3. The van der Waals surface area contributed by atoms with Gasteiger partial charge in [0.25, 0.3) is 0 Å². The summed E-state index contributed by atoms with van der Waals surface area (Å²) >= 11 is 0. The van der Waals surface area contributed by atoms with Crippen LogP contribution in [-0.4, -0.2) is 16.7 Å². The molecule has 1 aromatic carbocycles. The zero-order valence-corrected chi connectivity index (χ0v) is 8.18. The molecule has 0 atom stereocenters. The number of anilines is 2. The largest absolute Gasteiger partial charge is 0.399 e. The van der Waals surface area contributed by atoms with Gasteiger partial charge >= 0.3 is 0 Å². The maximum absolute atomic E-state index is 5.65.